The molecule has 0 aliphatic carbocycles. The minimum atomic E-state index is -0.0558. The zero-order valence-electron chi connectivity index (χ0n) is 13.6. The number of H-pyrrole nitrogens is 1. The lowest BCUT2D eigenvalue weighted by atomic mass is 10.2. The van der Waals surface area contributed by atoms with Crippen LogP contribution in [0.3, 0.4) is 0 Å². The van der Waals surface area contributed by atoms with Crippen LogP contribution in [-0.4, -0.2) is 41.0 Å². The number of rotatable bonds is 6. The second-order valence-corrected chi connectivity index (χ2v) is 7.01. The first-order chi connectivity index (χ1) is 10.4. The van der Waals surface area contributed by atoms with Gasteiger partial charge in [0.05, 0.1) is 0 Å². The molecular weight excluding hydrogens is 342 g/mol. The van der Waals surface area contributed by atoms with Crippen molar-refractivity contribution in [2.24, 2.45) is 0 Å². The molecule has 1 aromatic heterocycles. The summed E-state index contributed by atoms with van der Waals surface area (Å²) in [7, 11) is 0. The summed E-state index contributed by atoms with van der Waals surface area (Å²) in [5.74, 6) is -0.0558. The normalized spacial score (nSPS) is 11.8. The van der Waals surface area contributed by atoms with Gasteiger partial charge in [0.15, 0.2) is 0 Å². The zero-order valence-corrected chi connectivity index (χ0v) is 15.2. The number of fused-ring (bicyclic) bond motifs is 1. The summed E-state index contributed by atoms with van der Waals surface area (Å²) in [4.78, 5) is 17.8. The minimum Gasteiger partial charge on any atom is -0.351 e. The molecule has 0 aliphatic heterocycles. The van der Waals surface area contributed by atoms with Crippen molar-refractivity contribution in [1.82, 2.24) is 15.2 Å². The van der Waals surface area contributed by atoms with Crippen LogP contribution in [0.15, 0.2) is 28.7 Å². The highest BCUT2D eigenvalue weighted by Gasteiger charge is 2.14. The van der Waals surface area contributed by atoms with Gasteiger partial charge in [-0.3, -0.25) is 9.69 Å². The number of amides is 1. The predicted molar refractivity (Wildman–Crippen MR) is 95.3 cm³/mol. The van der Waals surface area contributed by atoms with Gasteiger partial charge in [0.2, 0.25) is 0 Å². The highest BCUT2D eigenvalue weighted by Crippen LogP contribution is 2.20. The molecule has 2 aromatic rings. The monoisotopic (exact) mass is 365 g/mol. The second kappa shape index (κ2) is 7.29. The van der Waals surface area contributed by atoms with Gasteiger partial charge in [0, 0.05) is 40.5 Å². The number of hydrogen-bond donors (Lipinski definition) is 2. The van der Waals surface area contributed by atoms with Gasteiger partial charge in [0.25, 0.3) is 5.91 Å². The fourth-order valence-corrected chi connectivity index (χ4v) is 3.11. The number of halogens is 1. The largest absolute Gasteiger partial charge is 0.351 e. The van der Waals surface area contributed by atoms with E-state index in [1.165, 1.54) is 0 Å². The first kappa shape index (κ1) is 17.0. The Labute approximate surface area is 140 Å². The van der Waals surface area contributed by atoms with E-state index >= 15 is 0 Å². The molecule has 0 aliphatic rings. The highest BCUT2D eigenvalue weighted by atomic mass is 79.9. The summed E-state index contributed by atoms with van der Waals surface area (Å²) >= 11 is 3.44. The predicted octanol–water partition coefficient (Wildman–Crippen LogP) is 3.78. The summed E-state index contributed by atoms with van der Waals surface area (Å²) in [6, 6.07) is 8.77. The van der Waals surface area contributed by atoms with Gasteiger partial charge in [-0.05, 0) is 52.0 Å². The van der Waals surface area contributed by atoms with Crippen molar-refractivity contribution in [3.05, 3.63) is 34.4 Å². The molecule has 4 nitrogen and oxygen atoms in total. The van der Waals surface area contributed by atoms with Gasteiger partial charge in [-0.15, -0.1) is 0 Å². The fourth-order valence-electron chi connectivity index (χ4n) is 2.73. The van der Waals surface area contributed by atoms with Crippen LogP contribution in [0.1, 0.15) is 38.2 Å². The van der Waals surface area contributed by atoms with Crippen LogP contribution >= 0.6 is 15.9 Å². The molecule has 1 amide bonds. The first-order valence-electron chi connectivity index (χ1n) is 7.70. The summed E-state index contributed by atoms with van der Waals surface area (Å²) in [6.45, 7) is 10.2. The van der Waals surface area contributed by atoms with Crippen molar-refractivity contribution in [2.75, 3.05) is 13.1 Å². The van der Waals surface area contributed by atoms with E-state index in [0.717, 1.165) is 21.9 Å². The van der Waals surface area contributed by atoms with Crippen molar-refractivity contribution in [2.45, 2.75) is 39.8 Å². The molecule has 0 saturated heterocycles. The highest BCUT2D eigenvalue weighted by molar-refractivity contribution is 9.10. The quantitative estimate of drug-likeness (QED) is 0.818. The van der Waals surface area contributed by atoms with Crippen molar-refractivity contribution in [3.8, 4) is 0 Å². The molecule has 2 N–H and O–H groups in total. The Morgan fingerprint density at radius 1 is 1.23 bits per heavy atom. The third-order valence-electron chi connectivity index (χ3n) is 3.81. The average Bonchev–Trinajstić information content (AvgIpc) is 2.85. The number of carbonyl (C=O) groups is 1. The molecule has 2 rings (SSSR count). The maximum Gasteiger partial charge on any atom is 0.267 e. The molecule has 0 bridgehead atoms. The van der Waals surface area contributed by atoms with E-state index in [4.69, 9.17) is 0 Å². The van der Waals surface area contributed by atoms with E-state index in [1.54, 1.807) is 0 Å². The Hall–Kier alpha value is -1.33. The first-order valence-corrected chi connectivity index (χ1v) is 8.50. The van der Waals surface area contributed by atoms with Gasteiger partial charge in [-0.25, -0.2) is 0 Å². The SMILES string of the molecule is CC(C)N(CCNC(=O)c1cc2cc(Br)ccc2[nH]1)C(C)C. The molecule has 0 saturated carbocycles. The standard InChI is InChI=1S/C17H24BrN3O/c1-11(2)21(12(3)4)8-7-19-17(22)16-10-13-9-14(18)5-6-15(13)20-16/h5-6,9-12,20H,7-8H2,1-4H3,(H,19,22). The number of aromatic amines is 1. The molecule has 22 heavy (non-hydrogen) atoms. The Bertz CT molecular complexity index is 640. The topological polar surface area (TPSA) is 48.1 Å². The Kier molecular flexibility index (Phi) is 5.64. The minimum absolute atomic E-state index is 0.0558. The Morgan fingerprint density at radius 3 is 2.55 bits per heavy atom. The van der Waals surface area contributed by atoms with E-state index in [9.17, 15) is 4.79 Å². The van der Waals surface area contributed by atoms with Gasteiger partial charge < -0.3 is 10.3 Å². The molecule has 120 valence electrons. The summed E-state index contributed by atoms with van der Waals surface area (Å²) in [6.07, 6.45) is 0. The molecular formula is C17H24BrN3O. The molecule has 0 radical (unpaired) electrons. The number of hydrogen-bond acceptors (Lipinski definition) is 2. The van der Waals surface area contributed by atoms with Gasteiger partial charge >= 0.3 is 0 Å². The molecule has 1 aromatic carbocycles. The summed E-state index contributed by atoms with van der Waals surface area (Å²) < 4.78 is 1.01. The summed E-state index contributed by atoms with van der Waals surface area (Å²) in [5, 5.41) is 4.02. The second-order valence-electron chi connectivity index (χ2n) is 6.10. The maximum atomic E-state index is 12.2. The van der Waals surface area contributed by atoms with Crippen molar-refractivity contribution in [1.29, 1.82) is 0 Å². The maximum absolute atomic E-state index is 12.2. The molecule has 5 heteroatoms. The number of benzene rings is 1. The van der Waals surface area contributed by atoms with Crippen LogP contribution in [0.25, 0.3) is 10.9 Å². The number of nitrogens with one attached hydrogen (secondary N) is 2. The van der Waals surface area contributed by atoms with Crippen molar-refractivity contribution >= 4 is 32.7 Å². The smallest absolute Gasteiger partial charge is 0.267 e. The van der Waals surface area contributed by atoms with E-state index < -0.39 is 0 Å². The molecule has 0 atom stereocenters. The Morgan fingerprint density at radius 2 is 1.91 bits per heavy atom. The molecule has 0 spiro atoms. The summed E-state index contributed by atoms with van der Waals surface area (Å²) in [5.41, 5.74) is 1.58. The fraction of sp³-hybridized carbons (Fsp3) is 0.471. The van der Waals surface area contributed by atoms with Crippen LogP contribution in [0.2, 0.25) is 0 Å². The van der Waals surface area contributed by atoms with Gasteiger partial charge in [-0.1, -0.05) is 15.9 Å². The lowest BCUT2D eigenvalue weighted by molar-refractivity contribution is 0.0935. The lowest BCUT2D eigenvalue weighted by Gasteiger charge is -2.30. The van der Waals surface area contributed by atoms with E-state index in [0.29, 0.717) is 24.3 Å². The van der Waals surface area contributed by atoms with E-state index in [2.05, 4.69) is 58.8 Å². The van der Waals surface area contributed by atoms with Crippen molar-refractivity contribution in [3.63, 3.8) is 0 Å². The number of carbonyl (C=O) groups excluding carboxylic acids is 1. The van der Waals surface area contributed by atoms with Crippen LogP contribution in [0.5, 0.6) is 0 Å². The third kappa shape index (κ3) is 4.11. The van der Waals surface area contributed by atoms with E-state index in [1.807, 2.05) is 24.3 Å². The van der Waals surface area contributed by atoms with Crippen LogP contribution in [0.4, 0.5) is 0 Å². The van der Waals surface area contributed by atoms with Gasteiger partial charge in [0.1, 0.15) is 5.69 Å². The molecule has 1 heterocycles. The van der Waals surface area contributed by atoms with E-state index in [-0.39, 0.29) is 5.91 Å². The third-order valence-corrected chi connectivity index (χ3v) is 4.30. The van der Waals surface area contributed by atoms with Crippen LogP contribution < -0.4 is 5.32 Å². The Balaban J connectivity index is 1.96. The average molecular weight is 366 g/mol. The van der Waals surface area contributed by atoms with Crippen molar-refractivity contribution < 1.29 is 4.79 Å². The zero-order chi connectivity index (χ0) is 16.3. The molecule has 0 unspecified atom stereocenters. The number of aromatic nitrogens is 1. The van der Waals surface area contributed by atoms with Crippen LogP contribution in [0, 0.1) is 0 Å². The number of nitrogens with zero attached hydrogens (tertiary/aromatic N) is 1. The molecule has 0 fully saturated rings. The van der Waals surface area contributed by atoms with Crippen LogP contribution in [-0.2, 0) is 0 Å². The lowest BCUT2D eigenvalue weighted by Crippen LogP contribution is -2.42. The van der Waals surface area contributed by atoms with Gasteiger partial charge in [-0.2, -0.15) is 0 Å².